The summed E-state index contributed by atoms with van der Waals surface area (Å²) in [6.07, 6.45) is 16.7. The summed E-state index contributed by atoms with van der Waals surface area (Å²) in [5, 5.41) is 13.4. The van der Waals surface area contributed by atoms with E-state index in [-0.39, 0.29) is 0 Å². The van der Waals surface area contributed by atoms with Gasteiger partial charge in [-0.3, -0.25) is 19.6 Å². The lowest BCUT2D eigenvalue weighted by molar-refractivity contribution is 0.489. The number of pyridine rings is 3. The first-order valence-electron chi connectivity index (χ1n) is 13.2. The molecule has 6 heterocycles. The Balaban J connectivity index is 1.20. The van der Waals surface area contributed by atoms with Crippen LogP contribution in [0.5, 0.6) is 0 Å². The van der Waals surface area contributed by atoms with Gasteiger partial charge >= 0.3 is 0 Å². The van der Waals surface area contributed by atoms with Gasteiger partial charge in [-0.1, -0.05) is 12.8 Å². The Morgan fingerprint density at radius 2 is 1.92 bits per heavy atom. The van der Waals surface area contributed by atoms with Crippen molar-refractivity contribution in [3.8, 4) is 28.5 Å². The van der Waals surface area contributed by atoms with Crippen molar-refractivity contribution in [3.05, 3.63) is 72.8 Å². The third-order valence-corrected chi connectivity index (χ3v) is 7.51. The second-order valence-electron chi connectivity index (χ2n) is 10.3. The van der Waals surface area contributed by atoms with Crippen LogP contribution in [0.1, 0.15) is 36.9 Å². The molecule has 0 atom stereocenters. The quantitative estimate of drug-likeness (QED) is 0.271. The number of nitrogens with zero attached hydrogens (tertiary/aromatic N) is 6. The van der Waals surface area contributed by atoms with E-state index in [0.29, 0.717) is 0 Å². The van der Waals surface area contributed by atoms with E-state index in [1.165, 1.54) is 31.2 Å². The average molecular weight is 504 g/mol. The molecule has 0 bridgehead atoms. The molecule has 0 amide bonds. The molecule has 0 radical (unpaired) electrons. The average Bonchev–Trinajstić information content (AvgIpc) is 3.74. The molecule has 0 aromatic carbocycles. The fourth-order valence-electron chi connectivity index (χ4n) is 5.55. The van der Waals surface area contributed by atoms with Gasteiger partial charge in [0.15, 0.2) is 0 Å². The molecule has 0 saturated heterocycles. The SMILES string of the molecule is Cc1cn(-c2nccc3[nH]c(-c4n[nH]c5cnc(-c6cncc(CNCC7CCCC7)c6)cc45)cc23)cn1. The number of hydrogen-bond donors (Lipinski definition) is 3. The summed E-state index contributed by atoms with van der Waals surface area (Å²) in [4.78, 5) is 21.7. The van der Waals surface area contributed by atoms with Gasteiger partial charge < -0.3 is 10.3 Å². The van der Waals surface area contributed by atoms with Crippen molar-refractivity contribution >= 4 is 21.8 Å². The summed E-state index contributed by atoms with van der Waals surface area (Å²) in [6, 6.07) is 8.34. The molecular formula is C29H29N9. The molecule has 7 rings (SSSR count). The lowest BCUT2D eigenvalue weighted by Gasteiger charge is -2.11. The molecule has 38 heavy (non-hydrogen) atoms. The lowest BCUT2D eigenvalue weighted by atomic mass is 10.1. The highest BCUT2D eigenvalue weighted by Crippen LogP contribution is 2.32. The van der Waals surface area contributed by atoms with Crippen molar-refractivity contribution in [1.82, 2.24) is 45.0 Å². The zero-order chi connectivity index (χ0) is 25.5. The largest absolute Gasteiger partial charge is 0.353 e. The fraction of sp³-hybridized carbons (Fsp3) is 0.276. The minimum absolute atomic E-state index is 0.815. The van der Waals surface area contributed by atoms with Crippen LogP contribution >= 0.6 is 0 Å². The fourth-order valence-corrected chi connectivity index (χ4v) is 5.55. The Morgan fingerprint density at radius 3 is 2.79 bits per heavy atom. The van der Waals surface area contributed by atoms with E-state index < -0.39 is 0 Å². The molecular weight excluding hydrogens is 474 g/mol. The van der Waals surface area contributed by atoms with Crippen LogP contribution in [0.4, 0.5) is 0 Å². The van der Waals surface area contributed by atoms with Crippen molar-refractivity contribution in [1.29, 1.82) is 0 Å². The van der Waals surface area contributed by atoms with Crippen LogP contribution < -0.4 is 5.32 Å². The van der Waals surface area contributed by atoms with E-state index in [2.05, 4.69) is 53.6 Å². The van der Waals surface area contributed by atoms with Crippen LogP contribution in [0.15, 0.2) is 61.6 Å². The summed E-state index contributed by atoms with van der Waals surface area (Å²) in [6.45, 7) is 3.87. The van der Waals surface area contributed by atoms with Crippen molar-refractivity contribution in [2.45, 2.75) is 39.2 Å². The first-order chi connectivity index (χ1) is 18.7. The molecule has 3 N–H and O–H groups in total. The molecule has 9 nitrogen and oxygen atoms in total. The lowest BCUT2D eigenvalue weighted by Crippen LogP contribution is -2.20. The monoisotopic (exact) mass is 503 g/mol. The van der Waals surface area contributed by atoms with Gasteiger partial charge in [-0.05, 0) is 62.1 Å². The van der Waals surface area contributed by atoms with Gasteiger partial charge in [-0.15, -0.1) is 0 Å². The molecule has 1 saturated carbocycles. The normalized spacial score (nSPS) is 14.2. The van der Waals surface area contributed by atoms with Crippen LogP contribution in [0, 0.1) is 12.8 Å². The highest BCUT2D eigenvalue weighted by atomic mass is 15.1. The van der Waals surface area contributed by atoms with Crippen LogP contribution in [0.3, 0.4) is 0 Å². The number of H-pyrrole nitrogens is 2. The van der Waals surface area contributed by atoms with Gasteiger partial charge in [-0.2, -0.15) is 5.10 Å². The summed E-state index contributed by atoms with van der Waals surface area (Å²) >= 11 is 0. The van der Waals surface area contributed by atoms with Crippen LogP contribution in [-0.4, -0.2) is 46.2 Å². The molecule has 190 valence electrons. The zero-order valence-corrected chi connectivity index (χ0v) is 21.3. The summed E-state index contributed by atoms with van der Waals surface area (Å²) in [5.41, 5.74) is 7.61. The van der Waals surface area contributed by atoms with Crippen molar-refractivity contribution in [2.24, 2.45) is 5.92 Å². The number of rotatable bonds is 7. The molecule has 1 aliphatic rings. The van der Waals surface area contributed by atoms with Gasteiger partial charge in [-0.25, -0.2) is 9.97 Å². The van der Waals surface area contributed by atoms with Gasteiger partial charge in [0.05, 0.1) is 34.3 Å². The third kappa shape index (κ3) is 4.24. The maximum Gasteiger partial charge on any atom is 0.147 e. The number of imidazole rings is 1. The maximum absolute atomic E-state index is 4.71. The molecule has 0 unspecified atom stereocenters. The van der Waals surface area contributed by atoms with Crippen LogP contribution in [0.2, 0.25) is 0 Å². The minimum atomic E-state index is 0.815. The van der Waals surface area contributed by atoms with E-state index in [9.17, 15) is 0 Å². The predicted molar refractivity (Wildman–Crippen MR) is 148 cm³/mol. The number of fused-ring (bicyclic) bond motifs is 2. The van der Waals surface area contributed by atoms with Crippen molar-refractivity contribution < 1.29 is 0 Å². The Labute approximate surface area is 219 Å². The van der Waals surface area contributed by atoms with E-state index in [1.807, 2.05) is 42.3 Å². The highest BCUT2D eigenvalue weighted by molar-refractivity contribution is 5.98. The standard InChI is InChI=1S/C29H29N9/c1-18-16-38(17-34-18)29-23-10-26(35-24(23)6-7-32-29)28-22-9-25(33-15-27(22)36-37-28)21-8-20(13-31-14-21)12-30-11-19-4-2-3-5-19/h6-10,13-17,19,30,35H,2-5,11-12H2,1H3,(H,36,37). The molecule has 9 heteroatoms. The maximum atomic E-state index is 4.71. The summed E-state index contributed by atoms with van der Waals surface area (Å²) in [5.74, 6) is 1.65. The first-order valence-corrected chi connectivity index (χ1v) is 13.2. The van der Waals surface area contributed by atoms with Crippen LogP contribution in [0.25, 0.3) is 50.3 Å². The molecule has 6 aromatic rings. The number of aromatic amines is 2. The Morgan fingerprint density at radius 1 is 1.00 bits per heavy atom. The van der Waals surface area contributed by atoms with Crippen molar-refractivity contribution in [2.75, 3.05) is 6.54 Å². The van der Waals surface area contributed by atoms with E-state index in [1.54, 1.807) is 12.5 Å². The number of aromatic nitrogens is 8. The van der Waals surface area contributed by atoms with E-state index >= 15 is 0 Å². The molecule has 1 aliphatic carbocycles. The van der Waals surface area contributed by atoms with Gasteiger partial charge in [0.1, 0.15) is 17.8 Å². The zero-order valence-electron chi connectivity index (χ0n) is 21.3. The number of hydrogen-bond acceptors (Lipinski definition) is 6. The molecule has 0 aliphatic heterocycles. The topological polar surface area (TPSA) is 113 Å². The minimum Gasteiger partial charge on any atom is -0.353 e. The molecule has 1 fully saturated rings. The van der Waals surface area contributed by atoms with E-state index in [0.717, 1.165) is 75.0 Å². The summed E-state index contributed by atoms with van der Waals surface area (Å²) < 4.78 is 1.95. The predicted octanol–water partition coefficient (Wildman–Crippen LogP) is 5.34. The van der Waals surface area contributed by atoms with Gasteiger partial charge in [0.25, 0.3) is 0 Å². The highest BCUT2D eigenvalue weighted by Gasteiger charge is 2.16. The Kier molecular flexibility index (Phi) is 5.70. The van der Waals surface area contributed by atoms with Crippen molar-refractivity contribution in [3.63, 3.8) is 0 Å². The first kappa shape index (κ1) is 22.8. The Hall–Kier alpha value is -4.37. The smallest absolute Gasteiger partial charge is 0.147 e. The Bertz CT molecular complexity index is 1740. The van der Waals surface area contributed by atoms with Gasteiger partial charge in [0.2, 0.25) is 0 Å². The van der Waals surface area contributed by atoms with E-state index in [4.69, 9.17) is 4.98 Å². The molecule has 6 aromatic heterocycles. The second kappa shape index (κ2) is 9.50. The van der Waals surface area contributed by atoms with Crippen LogP contribution in [-0.2, 0) is 6.54 Å². The number of nitrogens with one attached hydrogen (secondary N) is 3. The second-order valence-corrected chi connectivity index (χ2v) is 10.3. The number of aryl methyl sites for hydroxylation is 1. The van der Waals surface area contributed by atoms with Gasteiger partial charge in [0, 0.05) is 47.7 Å². The third-order valence-electron chi connectivity index (χ3n) is 7.51. The molecule has 0 spiro atoms. The summed E-state index contributed by atoms with van der Waals surface area (Å²) in [7, 11) is 0.